The highest BCUT2D eigenvalue weighted by atomic mass is 32.2. The lowest BCUT2D eigenvalue weighted by Crippen LogP contribution is -2.29. The molecule has 0 atom stereocenters. The fourth-order valence-electron chi connectivity index (χ4n) is 4.01. The van der Waals surface area contributed by atoms with Gasteiger partial charge in [0.2, 0.25) is 11.1 Å². The zero-order valence-electron chi connectivity index (χ0n) is 19.3. The number of thioether (sulfide) groups is 1. The van der Waals surface area contributed by atoms with Crippen LogP contribution in [0.2, 0.25) is 0 Å². The first kappa shape index (κ1) is 22.3. The fourth-order valence-corrected chi connectivity index (χ4v) is 4.34. The topological polar surface area (TPSA) is 76.5 Å². The van der Waals surface area contributed by atoms with Gasteiger partial charge in [0.15, 0.2) is 0 Å². The monoisotopic (exact) mass is 451 g/mol. The predicted octanol–water partition coefficient (Wildman–Crippen LogP) is 4.75. The molecule has 3 aromatic heterocycles. The fraction of sp³-hybridized carbons (Fsp3) is 0.417. The lowest BCUT2D eigenvalue weighted by Gasteiger charge is -2.19. The number of hydrogen-bond donors (Lipinski definition) is 0. The number of aryl methyl sites for hydroxylation is 3. The van der Waals surface area contributed by atoms with Crippen LogP contribution >= 0.6 is 11.8 Å². The Morgan fingerprint density at radius 1 is 1.19 bits per heavy atom. The maximum atomic E-state index is 13.2. The third kappa shape index (κ3) is 4.24. The molecule has 32 heavy (non-hydrogen) atoms. The summed E-state index contributed by atoms with van der Waals surface area (Å²) in [5.41, 5.74) is 4.60. The van der Waals surface area contributed by atoms with Gasteiger partial charge in [-0.15, -0.1) is 5.10 Å². The van der Waals surface area contributed by atoms with Crippen LogP contribution in [0.3, 0.4) is 0 Å². The molecule has 8 heteroatoms. The van der Waals surface area contributed by atoms with Gasteiger partial charge in [-0.25, -0.2) is 9.50 Å². The zero-order valence-corrected chi connectivity index (χ0v) is 20.1. The standard InChI is InChI=1S/C24H29N5O2S/c1-6-7-11-21-19(17-10-8-9-12-20(17)31-21)14-28(4)22(30)13-18-15(2)25-23-26-24(32-5)27-29(23)16(18)3/h8-10,12H,6-7,11,13-14H2,1-5H3. The van der Waals surface area contributed by atoms with Crippen LogP contribution in [-0.4, -0.2) is 43.7 Å². The van der Waals surface area contributed by atoms with E-state index in [0.717, 1.165) is 58.5 Å². The number of fused-ring (bicyclic) bond motifs is 2. The Morgan fingerprint density at radius 3 is 2.72 bits per heavy atom. The van der Waals surface area contributed by atoms with Crippen molar-refractivity contribution in [3.8, 4) is 0 Å². The third-order valence-corrected chi connectivity index (χ3v) is 6.44. The summed E-state index contributed by atoms with van der Waals surface area (Å²) in [6, 6.07) is 8.06. The SMILES string of the molecule is CCCCc1oc2ccccc2c1CN(C)C(=O)Cc1c(C)nc2nc(SC)nn2c1C. The number of carbonyl (C=O) groups excluding carboxylic acids is 1. The maximum Gasteiger partial charge on any atom is 0.253 e. The van der Waals surface area contributed by atoms with Crippen LogP contribution in [0.5, 0.6) is 0 Å². The second-order valence-electron chi connectivity index (χ2n) is 8.10. The van der Waals surface area contributed by atoms with Crippen LogP contribution in [0.25, 0.3) is 16.7 Å². The molecule has 0 aliphatic rings. The molecule has 168 valence electrons. The molecule has 0 aliphatic carbocycles. The lowest BCUT2D eigenvalue weighted by atomic mass is 10.1. The van der Waals surface area contributed by atoms with Crippen molar-refractivity contribution in [2.45, 2.75) is 58.2 Å². The summed E-state index contributed by atoms with van der Waals surface area (Å²) < 4.78 is 7.86. The minimum atomic E-state index is 0.0364. The van der Waals surface area contributed by atoms with Crippen LogP contribution in [-0.2, 0) is 24.2 Å². The number of para-hydroxylation sites is 1. The highest BCUT2D eigenvalue weighted by molar-refractivity contribution is 7.98. The van der Waals surface area contributed by atoms with E-state index in [4.69, 9.17) is 4.42 Å². The minimum Gasteiger partial charge on any atom is -0.461 e. The first-order valence-corrected chi connectivity index (χ1v) is 12.2. The Hall–Kier alpha value is -2.87. The van der Waals surface area contributed by atoms with E-state index < -0.39 is 0 Å². The van der Waals surface area contributed by atoms with Crippen LogP contribution in [0, 0.1) is 13.8 Å². The van der Waals surface area contributed by atoms with Gasteiger partial charge in [0.1, 0.15) is 11.3 Å². The maximum absolute atomic E-state index is 13.2. The van der Waals surface area contributed by atoms with Crippen molar-refractivity contribution in [2.75, 3.05) is 13.3 Å². The molecular formula is C24H29N5O2S. The largest absolute Gasteiger partial charge is 0.461 e. The summed E-state index contributed by atoms with van der Waals surface area (Å²) >= 11 is 1.48. The normalized spacial score (nSPS) is 11.5. The Bertz CT molecular complexity index is 1280. The van der Waals surface area contributed by atoms with Gasteiger partial charge in [-0.2, -0.15) is 4.98 Å². The van der Waals surface area contributed by atoms with Crippen molar-refractivity contribution < 1.29 is 9.21 Å². The summed E-state index contributed by atoms with van der Waals surface area (Å²) in [6.45, 7) is 6.58. The van der Waals surface area contributed by atoms with E-state index in [1.54, 1.807) is 9.42 Å². The molecular weight excluding hydrogens is 422 g/mol. The molecule has 0 saturated carbocycles. The van der Waals surface area contributed by atoms with E-state index in [-0.39, 0.29) is 12.3 Å². The number of furan rings is 1. The summed E-state index contributed by atoms with van der Waals surface area (Å²) in [5, 5.41) is 6.25. The quantitative estimate of drug-likeness (QED) is 0.360. The number of unbranched alkanes of at least 4 members (excludes halogenated alkanes) is 1. The molecule has 1 aromatic carbocycles. The number of aromatic nitrogens is 4. The predicted molar refractivity (Wildman–Crippen MR) is 127 cm³/mol. The molecule has 7 nitrogen and oxygen atoms in total. The van der Waals surface area contributed by atoms with Gasteiger partial charge in [-0.1, -0.05) is 43.3 Å². The average Bonchev–Trinajstić information content (AvgIpc) is 3.36. The smallest absolute Gasteiger partial charge is 0.253 e. The van der Waals surface area contributed by atoms with Gasteiger partial charge in [-0.05, 0) is 32.6 Å². The van der Waals surface area contributed by atoms with E-state index in [0.29, 0.717) is 17.5 Å². The number of hydrogen-bond acceptors (Lipinski definition) is 6. The van der Waals surface area contributed by atoms with Crippen molar-refractivity contribution >= 4 is 34.4 Å². The Labute approximate surface area is 192 Å². The summed E-state index contributed by atoms with van der Waals surface area (Å²) in [7, 11) is 1.85. The molecule has 0 N–H and O–H groups in total. The molecule has 4 aromatic rings. The van der Waals surface area contributed by atoms with Gasteiger partial charge in [0.25, 0.3) is 5.78 Å². The second kappa shape index (κ2) is 9.32. The minimum absolute atomic E-state index is 0.0364. The van der Waals surface area contributed by atoms with Crippen molar-refractivity contribution in [2.24, 2.45) is 0 Å². The van der Waals surface area contributed by atoms with Crippen LogP contribution in [0.4, 0.5) is 0 Å². The van der Waals surface area contributed by atoms with Gasteiger partial charge < -0.3 is 9.32 Å². The second-order valence-corrected chi connectivity index (χ2v) is 8.87. The average molecular weight is 452 g/mol. The number of rotatable bonds is 8. The van der Waals surface area contributed by atoms with Crippen LogP contribution < -0.4 is 0 Å². The number of carbonyl (C=O) groups is 1. The van der Waals surface area contributed by atoms with Crippen molar-refractivity contribution in [1.82, 2.24) is 24.5 Å². The molecule has 0 radical (unpaired) electrons. The van der Waals surface area contributed by atoms with E-state index in [2.05, 4.69) is 28.1 Å². The highest BCUT2D eigenvalue weighted by Gasteiger charge is 2.21. The Kier molecular flexibility index (Phi) is 6.50. The molecule has 3 heterocycles. The zero-order chi connectivity index (χ0) is 22.8. The first-order valence-electron chi connectivity index (χ1n) is 10.9. The molecule has 0 unspecified atom stereocenters. The van der Waals surface area contributed by atoms with Gasteiger partial charge in [0.05, 0.1) is 6.42 Å². The van der Waals surface area contributed by atoms with Crippen molar-refractivity contribution in [3.63, 3.8) is 0 Å². The highest BCUT2D eigenvalue weighted by Crippen LogP contribution is 2.28. The van der Waals surface area contributed by atoms with Crippen molar-refractivity contribution in [1.29, 1.82) is 0 Å². The number of amides is 1. The number of likely N-dealkylation sites (N-methyl/N-ethyl adjacent to an activating group) is 1. The van der Waals surface area contributed by atoms with Gasteiger partial charge >= 0.3 is 0 Å². The lowest BCUT2D eigenvalue weighted by molar-refractivity contribution is -0.129. The van der Waals surface area contributed by atoms with E-state index >= 15 is 0 Å². The Balaban J connectivity index is 1.59. The van der Waals surface area contributed by atoms with Gasteiger partial charge in [0, 0.05) is 47.9 Å². The summed E-state index contributed by atoms with van der Waals surface area (Å²) in [4.78, 5) is 24.0. The molecule has 0 spiro atoms. The molecule has 0 fully saturated rings. The first-order chi connectivity index (χ1) is 15.4. The number of nitrogens with zero attached hydrogens (tertiary/aromatic N) is 5. The van der Waals surface area contributed by atoms with Crippen LogP contribution in [0.15, 0.2) is 33.8 Å². The number of benzene rings is 1. The third-order valence-electron chi connectivity index (χ3n) is 5.90. The molecule has 1 amide bonds. The van der Waals surface area contributed by atoms with E-state index in [1.165, 1.54) is 11.8 Å². The molecule has 4 rings (SSSR count). The van der Waals surface area contributed by atoms with Crippen molar-refractivity contribution in [3.05, 3.63) is 52.5 Å². The summed E-state index contributed by atoms with van der Waals surface area (Å²) in [6.07, 6.45) is 5.24. The van der Waals surface area contributed by atoms with E-state index in [1.807, 2.05) is 45.4 Å². The molecule has 0 saturated heterocycles. The van der Waals surface area contributed by atoms with Gasteiger partial charge in [-0.3, -0.25) is 4.79 Å². The van der Waals surface area contributed by atoms with E-state index in [9.17, 15) is 4.79 Å². The Morgan fingerprint density at radius 2 is 1.97 bits per heavy atom. The molecule has 0 aliphatic heterocycles. The summed E-state index contributed by atoms with van der Waals surface area (Å²) in [5.74, 6) is 1.59. The van der Waals surface area contributed by atoms with Crippen LogP contribution in [0.1, 0.15) is 48.0 Å². The molecule has 0 bridgehead atoms.